The van der Waals surface area contributed by atoms with E-state index in [1.165, 1.54) is 7.11 Å². The van der Waals surface area contributed by atoms with Gasteiger partial charge in [-0.05, 0) is 48.3 Å². The highest BCUT2D eigenvalue weighted by molar-refractivity contribution is 9.10. The molecule has 0 bridgehead atoms. The van der Waals surface area contributed by atoms with E-state index in [-0.39, 0.29) is 5.97 Å². The van der Waals surface area contributed by atoms with Gasteiger partial charge in [-0.2, -0.15) is 0 Å². The molecule has 0 aliphatic rings. The summed E-state index contributed by atoms with van der Waals surface area (Å²) < 4.78 is 7.51. The first-order valence-electron chi connectivity index (χ1n) is 5.20. The van der Waals surface area contributed by atoms with Crippen molar-refractivity contribution in [1.29, 1.82) is 0 Å². The fraction of sp³-hybridized carbons (Fsp3) is 0.333. The van der Waals surface area contributed by atoms with Crippen molar-refractivity contribution in [1.82, 2.24) is 9.38 Å². The van der Waals surface area contributed by atoms with Crippen molar-refractivity contribution < 1.29 is 9.53 Å². The van der Waals surface area contributed by atoms with Crippen LogP contribution in [-0.2, 0) is 4.74 Å². The topological polar surface area (TPSA) is 43.6 Å². The number of imidazole rings is 1. The van der Waals surface area contributed by atoms with E-state index in [1.54, 1.807) is 6.92 Å². The van der Waals surface area contributed by atoms with E-state index < -0.39 is 0 Å². The molecule has 0 amide bonds. The van der Waals surface area contributed by atoms with E-state index in [1.807, 2.05) is 24.3 Å². The molecule has 0 aliphatic heterocycles. The Labute approximate surface area is 108 Å². The Kier molecular flexibility index (Phi) is 2.95. The van der Waals surface area contributed by atoms with Crippen LogP contribution in [0.2, 0.25) is 0 Å². The lowest BCUT2D eigenvalue weighted by molar-refractivity contribution is 0.0591. The third kappa shape index (κ3) is 1.74. The molecule has 0 unspecified atom stereocenters. The van der Waals surface area contributed by atoms with Crippen LogP contribution in [0.1, 0.15) is 27.4 Å². The number of hydrogen-bond acceptors (Lipinski definition) is 3. The SMILES string of the molecule is COC(=O)c1c(C)nc2c(Br)cc(C)c(C)n12. The summed E-state index contributed by atoms with van der Waals surface area (Å²) in [7, 11) is 1.38. The van der Waals surface area contributed by atoms with E-state index in [2.05, 4.69) is 20.9 Å². The number of pyridine rings is 1. The predicted molar refractivity (Wildman–Crippen MR) is 68.4 cm³/mol. The zero-order valence-corrected chi connectivity index (χ0v) is 11.8. The second-order valence-corrected chi connectivity index (χ2v) is 4.81. The summed E-state index contributed by atoms with van der Waals surface area (Å²) in [5.74, 6) is -0.365. The van der Waals surface area contributed by atoms with Gasteiger partial charge in [-0.1, -0.05) is 0 Å². The van der Waals surface area contributed by atoms with Gasteiger partial charge in [-0.25, -0.2) is 9.78 Å². The van der Waals surface area contributed by atoms with Crippen molar-refractivity contribution >= 4 is 27.5 Å². The number of rotatable bonds is 1. The lowest BCUT2D eigenvalue weighted by atomic mass is 10.2. The molecule has 2 heterocycles. The van der Waals surface area contributed by atoms with Gasteiger partial charge < -0.3 is 4.74 Å². The molecule has 0 aliphatic carbocycles. The van der Waals surface area contributed by atoms with Crippen LogP contribution in [0.4, 0.5) is 0 Å². The van der Waals surface area contributed by atoms with Crippen LogP contribution in [-0.4, -0.2) is 22.5 Å². The largest absolute Gasteiger partial charge is 0.464 e. The van der Waals surface area contributed by atoms with Crippen LogP contribution in [0.5, 0.6) is 0 Å². The summed E-state index contributed by atoms with van der Waals surface area (Å²) in [4.78, 5) is 16.2. The molecule has 0 spiro atoms. The Hall–Kier alpha value is -1.36. The highest BCUT2D eigenvalue weighted by Crippen LogP contribution is 2.25. The second-order valence-electron chi connectivity index (χ2n) is 3.96. The molecule has 90 valence electrons. The standard InChI is InChI=1S/C12H13BrN2O2/c1-6-5-9(13)11-14-7(2)10(12(16)17-4)15(11)8(6)3/h5H,1-4H3. The Morgan fingerprint density at radius 1 is 1.41 bits per heavy atom. The minimum Gasteiger partial charge on any atom is -0.464 e. The van der Waals surface area contributed by atoms with Crippen molar-refractivity contribution in [3.8, 4) is 0 Å². The van der Waals surface area contributed by atoms with Crippen LogP contribution in [0.3, 0.4) is 0 Å². The van der Waals surface area contributed by atoms with Crippen LogP contribution in [0.25, 0.3) is 5.65 Å². The molecular formula is C12H13BrN2O2. The Balaban J connectivity index is 2.94. The second kappa shape index (κ2) is 4.14. The highest BCUT2D eigenvalue weighted by Gasteiger charge is 2.20. The minimum atomic E-state index is -0.365. The fourth-order valence-corrected chi connectivity index (χ4v) is 2.50. The van der Waals surface area contributed by atoms with Gasteiger partial charge in [0.15, 0.2) is 11.3 Å². The van der Waals surface area contributed by atoms with E-state index in [9.17, 15) is 4.79 Å². The number of aryl methyl sites for hydroxylation is 3. The number of halogens is 1. The first-order valence-corrected chi connectivity index (χ1v) is 5.99. The summed E-state index contributed by atoms with van der Waals surface area (Å²) in [6.45, 7) is 5.76. The molecule has 0 N–H and O–H groups in total. The van der Waals surface area contributed by atoms with Gasteiger partial charge >= 0.3 is 5.97 Å². The molecule has 0 saturated heterocycles. The number of carbonyl (C=O) groups is 1. The number of ether oxygens (including phenoxy) is 1. The van der Waals surface area contributed by atoms with Crippen molar-refractivity contribution in [3.05, 3.63) is 33.2 Å². The van der Waals surface area contributed by atoms with E-state index in [0.717, 1.165) is 21.4 Å². The van der Waals surface area contributed by atoms with Crippen LogP contribution in [0.15, 0.2) is 10.5 Å². The highest BCUT2D eigenvalue weighted by atomic mass is 79.9. The number of esters is 1. The summed E-state index contributed by atoms with van der Waals surface area (Å²) in [6, 6.07) is 2.00. The number of methoxy groups -OCH3 is 1. The van der Waals surface area contributed by atoms with E-state index in [0.29, 0.717) is 11.4 Å². The van der Waals surface area contributed by atoms with Crippen LogP contribution >= 0.6 is 15.9 Å². The number of fused-ring (bicyclic) bond motifs is 1. The summed E-state index contributed by atoms with van der Waals surface area (Å²) in [5.41, 5.74) is 3.98. The number of nitrogens with zero attached hydrogens (tertiary/aromatic N) is 2. The fourth-order valence-electron chi connectivity index (χ4n) is 1.89. The van der Waals surface area contributed by atoms with Crippen LogP contribution < -0.4 is 0 Å². The first-order chi connectivity index (χ1) is 7.97. The van der Waals surface area contributed by atoms with E-state index >= 15 is 0 Å². The zero-order valence-electron chi connectivity index (χ0n) is 10.2. The lowest BCUT2D eigenvalue weighted by Crippen LogP contribution is -2.09. The molecule has 0 atom stereocenters. The molecule has 0 radical (unpaired) electrons. The normalized spacial score (nSPS) is 10.9. The molecule has 4 nitrogen and oxygen atoms in total. The van der Waals surface area contributed by atoms with Crippen LogP contribution in [0, 0.1) is 20.8 Å². The quantitative estimate of drug-likeness (QED) is 0.760. The molecule has 2 aromatic heterocycles. The van der Waals surface area contributed by atoms with Gasteiger partial charge in [0.05, 0.1) is 17.3 Å². The molecule has 0 fully saturated rings. The number of aromatic nitrogens is 2. The Bertz CT molecular complexity index is 617. The number of hydrogen-bond donors (Lipinski definition) is 0. The Morgan fingerprint density at radius 2 is 2.06 bits per heavy atom. The first kappa shape index (κ1) is 12.1. The van der Waals surface area contributed by atoms with Gasteiger partial charge in [-0.15, -0.1) is 0 Å². The van der Waals surface area contributed by atoms with Gasteiger partial charge in [0.1, 0.15) is 0 Å². The summed E-state index contributed by atoms with van der Waals surface area (Å²) >= 11 is 3.46. The zero-order chi connectivity index (χ0) is 12.7. The van der Waals surface area contributed by atoms with Crippen molar-refractivity contribution in [2.75, 3.05) is 7.11 Å². The van der Waals surface area contributed by atoms with Crippen molar-refractivity contribution in [3.63, 3.8) is 0 Å². The predicted octanol–water partition coefficient (Wildman–Crippen LogP) is 2.81. The van der Waals surface area contributed by atoms with Gasteiger partial charge in [-0.3, -0.25) is 4.40 Å². The molecular weight excluding hydrogens is 284 g/mol. The monoisotopic (exact) mass is 296 g/mol. The third-order valence-electron chi connectivity index (χ3n) is 2.89. The summed E-state index contributed by atoms with van der Waals surface area (Å²) in [6.07, 6.45) is 0. The van der Waals surface area contributed by atoms with Crippen molar-refractivity contribution in [2.24, 2.45) is 0 Å². The maximum Gasteiger partial charge on any atom is 0.356 e. The average molecular weight is 297 g/mol. The van der Waals surface area contributed by atoms with Gasteiger partial charge in [0, 0.05) is 5.69 Å². The maximum absolute atomic E-state index is 11.8. The van der Waals surface area contributed by atoms with E-state index in [4.69, 9.17) is 4.74 Å². The summed E-state index contributed by atoms with van der Waals surface area (Å²) in [5, 5.41) is 0. The third-order valence-corrected chi connectivity index (χ3v) is 3.48. The molecule has 2 rings (SSSR count). The molecule has 2 aromatic rings. The smallest absolute Gasteiger partial charge is 0.356 e. The molecule has 17 heavy (non-hydrogen) atoms. The number of carbonyl (C=O) groups excluding carboxylic acids is 1. The molecule has 5 heteroatoms. The minimum absolute atomic E-state index is 0.365. The molecule has 0 aromatic carbocycles. The van der Waals surface area contributed by atoms with Gasteiger partial charge in [0.2, 0.25) is 0 Å². The van der Waals surface area contributed by atoms with Gasteiger partial charge in [0.25, 0.3) is 0 Å². The maximum atomic E-state index is 11.8. The Morgan fingerprint density at radius 3 is 2.65 bits per heavy atom. The average Bonchev–Trinajstić information content (AvgIpc) is 2.63. The van der Waals surface area contributed by atoms with Crippen molar-refractivity contribution in [2.45, 2.75) is 20.8 Å². The lowest BCUT2D eigenvalue weighted by Gasteiger charge is -2.08. The molecule has 0 saturated carbocycles.